The van der Waals surface area contributed by atoms with Crippen LogP contribution >= 0.6 is 0 Å². The zero-order valence-electron chi connectivity index (χ0n) is 35.3. The predicted octanol–water partition coefficient (Wildman–Crippen LogP) is 7.11. The van der Waals surface area contributed by atoms with Gasteiger partial charge in [0.1, 0.15) is 23.7 Å². The van der Waals surface area contributed by atoms with Gasteiger partial charge in [0, 0.05) is 37.1 Å². The molecule has 14 heteroatoms. The number of amides is 4. The Morgan fingerprint density at radius 2 is 1.35 bits per heavy atom. The minimum atomic E-state index is -0.767. The lowest BCUT2D eigenvalue weighted by Gasteiger charge is -2.30. The molecule has 0 bridgehead atoms. The van der Waals surface area contributed by atoms with E-state index in [0.29, 0.717) is 25.4 Å². The summed E-state index contributed by atoms with van der Waals surface area (Å²) in [5.74, 6) is 1.21. The smallest absolute Gasteiger partial charge is 0.407 e. The molecular formula is C48H52N8O6. The van der Waals surface area contributed by atoms with E-state index in [2.05, 4.69) is 75.2 Å². The molecule has 4 amide bonds. The maximum absolute atomic E-state index is 14.3. The number of nitrogens with one attached hydrogen (secondary N) is 4. The van der Waals surface area contributed by atoms with E-state index in [1.54, 1.807) is 18.2 Å². The molecule has 0 radical (unpaired) electrons. The second-order valence-corrected chi connectivity index (χ2v) is 17.2. The number of methoxy groups -OCH3 is 2. The van der Waals surface area contributed by atoms with Crippen LogP contribution in [0.25, 0.3) is 33.6 Å². The molecule has 4 heterocycles. The zero-order chi connectivity index (χ0) is 43.1. The minimum absolute atomic E-state index is 0.0145. The molecule has 2 aliphatic carbocycles. The van der Waals surface area contributed by atoms with Crippen LogP contribution in [0.5, 0.6) is 0 Å². The van der Waals surface area contributed by atoms with Gasteiger partial charge >= 0.3 is 6.09 Å². The lowest BCUT2D eigenvalue weighted by atomic mass is 10.0. The van der Waals surface area contributed by atoms with Crippen molar-refractivity contribution in [1.82, 2.24) is 40.4 Å². The van der Waals surface area contributed by atoms with Gasteiger partial charge in [-0.1, -0.05) is 98.8 Å². The fourth-order valence-electron chi connectivity index (χ4n) is 8.97. The lowest BCUT2D eigenvalue weighted by Crippen LogP contribution is -2.51. The predicted molar refractivity (Wildman–Crippen MR) is 231 cm³/mol. The summed E-state index contributed by atoms with van der Waals surface area (Å²) in [7, 11) is 2.94. The van der Waals surface area contributed by atoms with Crippen molar-refractivity contribution in [2.45, 2.75) is 63.7 Å². The molecule has 4 N–H and O–H groups in total. The van der Waals surface area contributed by atoms with E-state index < -0.39 is 18.2 Å². The van der Waals surface area contributed by atoms with Gasteiger partial charge < -0.3 is 39.9 Å². The minimum Gasteiger partial charge on any atom is -0.453 e. The van der Waals surface area contributed by atoms with Gasteiger partial charge in [-0.3, -0.25) is 14.4 Å². The molecule has 9 rings (SSSR count). The maximum atomic E-state index is 14.3. The third-order valence-electron chi connectivity index (χ3n) is 12.6. The molecule has 0 spiro atoms. The number of carbonyl (C=O) groups is 4. The Labute approximate surface area is 360 Å². The van der Waals surface area contributed by atoms with Crippen molar-refractivity contribution in [3.63, 3.8) is 0 Å². The number of hydrogen-bond acceptors (Lipinski definition) is 8. The number of nitrogens with zero attached hydrogens (tertiary/aromatic N) is 4. The van der Waals surface area contributed by atoms with Crippen LogP contribution in [0.15, 0.2) is 103 Å². The van der Waals surface area contributed by atoms with Crippen molar-refractivity contribution in [2.24, 2.45) is 23.7 Å². The van der Waals surface area contributed by atoms with E-state index >= 15 is 0 Å². The highest BCUT2D eigenvalue weighted by molar-refractivity contribution is 5.92. The van der Waals surface area contributed by atoms with Crippen LogP contribution in [0.4, 0.5) is 4.79 Å². The van der Waals surface area contributed by atoms with E-state index in [1.807, 2.05) is 55.3 Å². The van der Waals surface area contributed by atoms with Crippen LogP contribution in [-0.2, 0) is 23.9 Å². The van der Waals surface area contributed by atoms with Crippen molar-refractivity contribution in [1.29, 1.82) is 0 Å². The fourth-order valence-corrected chi connectivity index (χ4v) is 8.97. The third kappa shape index (κ3) is 8.26. The average Bonchev–Trinajstić information content (AvgIpc) is 4.01. The second kappa shape index (κ2) is 17.1. The average molecular weight is 837 g/mol. The van der Waals surface area contributed by atoms with Gasteiger partial charge in [0.15, 0.2) is 0 Å². The fraction of sp³-hybridized carbons (Fsp3) is 0.375. The summed E-state index contributed by atoms with van der Waals surface area (Å²) in [6, 6.07) is 24.0. The molecule has 5 aromatic rings. The largest absolute Gasteiger partial charge is 0.453 e. The molecule has 3 fully saturated rings. The van der Waals surface area contributed by atoms with Crippen LogP contribution in [0.3, 0.4) is 0 Å². The van der Waals surface area contributed by atoms with Gasteiger partial charge in [0.2, 0.25) is 11.8 Å². The van der Waals surface area contributed by atoms with Crippen molar-refractivity contribution in [3.05, 3.63) is 120 Å². The van der Waals surface area contributed by atoms with Crippen LogP contribution < -0.4 is 10.6 Å². The van der Waals surface area contributed by atoms with Crippen molar-refractivity contribution >= 4 is 23.8 Å². The number of fused-ring (bicyclic) bond motifs is 1. The van der Waals surface area contributed by atoms with Gasteiger partial charge in [-0.25, -0.2) is 14.8 Å². The third-order valence-corrected chi connectivity index (χ3v) is 12.6. The molecule has 62 heavy (non-hydrogen) atoms. The van der Waals surface area contributed by atoms with Gasteiger partial charge in [-0.15, -0.1) is 0 Å². The lowest BCUT2D eigenvalue weighted by molar-refractivity contribution is -0.136. The number of rotatable bonds is 14. The summed E-state index contributed by atoms with van der Waals surface area (Å²) in [6.07, 6.45) is 8.25. The number of alkyl carbamates (subject to hydrolysis) is 1. The Morgan fingerprint density at radius 3 is 1.92 bits per heavy atom. The molecule has 4 aliphatic rings. The van der Waals surface area contributed by atoms with E-state index in [0.717, 1.165) is 70.0 Å². The molecule has 6 atom stereocenters. The number of H-pyrrole nitrogens is 2. The molecule has 1 unspecified atom stereocenters. The first kappa shape index (κ1) is 40.8. The second-order valence-electron chi connectivity index (χ2n) is 17.2. The zero-order valence-corrected chi connectivity index (χ0v) is 35.3. The van der Waals surface area contributed by atoms with E-state index in [-0.39, 0.29) is 53.5 Å². The first-order valence-corrected chi connectivity index (χ1v) is 21.4. The molecule has 1 saturated carbocycles. The highest BCUT2D eigenvalue weighted by Gasteiger charge is 2.50. The summed E-state index contributed by atoms with van der Waals surface area (Å²) in [5.41, 5.74) is 7.49. The van der Waals surface area contributed by atoms with Gasteiger partial charge in [0.25, 0.3) is 5.91 Å². The number of imidazole rings is 2. The van der Waals surface area contributed by atoms with E-state index in [9.17, 15) is 19.2 Å². The normalized spacial score (nSPS) is 21.3. The molecule has 3 aromatic carbocycles. The summed E-state index contributed by atoms with van der Waals surface area (Å²) < 4.78 is 10.3. The quantitative estimate of drug-likeness (QED) is 0.0916. The van der Waals surface area contributed by atoms with E-state index in [1.165, 1.54) is 7.11 Å². The highest BCUT2D eigenvalue weighted by atomic mass is 16.5. The van der Waals surface area contributed by atoms with Crippen LogP contribution in [0, 0.1) is 23.7 Å². The monoisotopic (exact) mass is 836 g/mol. The SMILES string of the molecule is COC[C@H]1C[C@@H](c2ncc(-c3ccc(-c4ccc(-c5cnc([C@@H]6CC7C=C7N6C(=O)[C@H](NC(=O)C6CC6)c6ccccc6)[nH]5)cc4)cc3)[nH]2)N(C(=O)[C@@H](NC(=O)OC)C(C)C)C1. The Morgan fingerprint density at radius 1 is 0.758 bits per heavy atom. The number of likely N-dealkylation sites (tertiary alicyclic amines) is 2. The molecule has 2 saturated heterocycles. The van der Waals surface area contributed by atoms with Crippen LogP contribution in [0.2, 0.25) is 0 Å². The number of aromatic amines is 2. The molecule has 2 aliphatic heterocycles. The highest BCUT2D eigenvalue weighted by Crippen LogP contribution is 2.52. The first-order chi connectivity index (χ1) is 30.1. The molecular weight excluding hydrogens is 785 g/mol. The summed E-state index contributed by atoms with van der Waals surface area (Å²) >= 11 is 0. The van der Waals surface area contributed by atoms with Crippen LogP contribution in [0.1, 0.15) is 74.9 Å². The molecule has 14 nitrogen and oxygen atoms in total. The summed E-state index contributed by atoms with van der Waals surface area (Å²) in [5, 5.41) is 5.77. The van der Waals surface area contributed by atoms with Crippen molar-refractivity contribution < 1.29 is 28.7 Å². The number of carbonyl (C=O) groups excluding carboxylic acids is 4. The van der Waals surface area contributed by atoms with Gasteiger partial charge in [-0.2, -0.15) is 0 Å². The Balaban J connectivity index is 0.874. The first-order valence-electron chi connectivity index (χ1n) is 21.4. The molecule has 320 valence electrons. The van der Waals surface area contributed by atoms with Crippen LogP contribution in [-0.4, -0.2) is 87.0 Å². The number of benzene rings is 3. The van der Waals surface area contributed by atoms with E-state index in [4.69, 9.17) is 19.4 Å². The maximum Gasteiger partial charge on any atom is 0.407 e. The van der Waals surface area contributed by atoms with Crippen molar-refractivity contribution in [3.8, 4) is 33.6 Å². The van der Waals surface area contributed by atoms with Gasteiger partial charge in [-0.05, 0) is 59.4 Å². The topological polar surface area (TPSA) is 175 Å². The Hall–Kier alpha value is -6.54. The Bertz CT molecular complexity index is 2470. The summed E-state index contributed by atoms with van der Waals surface area (Å²) in [6.45, 7) is 4.79. The number of ether oxygens (including phenoxy) is 2. The van der Waals surface area contributed by atoms with Crippen molar-refractivity contribution in [2.75, 3.05) is 27.4 Å². The number of allylic oxidation sites excluding steroid dienone is 2. The number of aromatic nitrogens is 4. The standard InChI is InChI=1S/C48H52N8O6/c1-27(2)41(54-48(60)62-4)46(58)55-25-28(26-61-3)20-39(55)43-49-23-36(51-43)31-14-10-29(11-15-31)30-12-16-32(17-13-30)37-24-50-44(52-37)40-22-35-21-38(35)56(40)47(59)42(33-8-6-5-7-9-33)53-45(57)34-18-19-34/h5-17,21,23-24,27-28,34-35,39-42H,18-20,22,25-26H2,1-4H3,(H,49,51)(H,50,52)(H,53,57)(H,54,60)/t28-,35?,39-,40-,41-,42+/m0/s1. The Kier molecular flexibility index (Phi) is 11.3. The molecule has 2 aromatic heterocycles. The summed E-state index contributed by atoms with van der Waals surface area (Å²) in [4.78, 5) is 73.3. The number of hydrogen-bond donors (Lipinski definition) is 4. The van der Waals surface area contributed by atoms with Gasteiger partial charge in [0.05, 0.1) is 49.6 Å².